The zero-order valence-electron chi connectivity index (χ0n) is 9.89. The fraction of sp³-hybridized carbons (Fsp3) is 0.154. The van der Waals surface area contributed by atoms with Gasteiger partial charge in [0.25, 0.3) is 5.91 Å². The minimum atomic E-state index is -0.297. The second-order valence-electron chi connectivity index (χ2n) is 3.93. The van der Waals surface area contributed by atoms with Crippen LogP contribution in [0.3, 0.4) is 0 Å². The first-order valence-electron chi connectivity index (χ1n) is 5.60. The molecule has 2 aromatic rings. The van der Waals surface area contributed by atoms with Gasteiger partial charge in [-0.3, -0.25) is 4.79 Å². The molecule has 0 fully saturated rings. The second kappa shape index (κ2) is 5.79. The van der Waals surface area contributed by atoms with Crippen LogP contribution in [-0.4, -0.2) is 22.7 Å². The molecule has 0 atom stereocenters. The van der Waals surface area contributed by atoms with Crippen LogP contribution in [0.15, 0.2) is 39.4 Å². The Morgan fingerprint density at radius 2 is 2.00 bits per heavy atom. The molecular weight excluding hydrogens is 314 g/mol. The predicted molar refractivity (Wildman–Crippen MR) is 72.2 cm³/mol. The van der Waals surface area contributed by atoms with Crippen LogP contribution in [0.25, 0.3) is 0 Å². The molecule has 5 nitrogen and oxygen atoms in total. The summed E-state index contributed by atoms with van der Waals surface area (Å²) in [6.07, 6.45) is 0.543. The minimum Gasteiger partial charge on any atom is -0.504 e. The van der Waals surface area contributed by atoms with E-state index in [9.17, 15) is 15.0 Å². The van der Waals surface area contributed by atoms with E-state index in [1.165, 1.54) is 12.1 Å². The van der Waals surface area contributed by atoms with E-state index in [1.54, 1.807) is 18.2 Å². The molecule has 3 N–H and O–H groups in total. The maximum absolute atomic E-state index is 11.7. The molecule has 19 heavy (non-hydrogen) atoms. The van der Waals surface area contributed by atoms with Crippen LogP contribution in [0, 0.1) is 0 Å². The van der Waals surface area contributed by atoms with Crippen molar-refractivity contribution in [2.45, 2.75) is 6.42 Å². The zero-order valence-corrected chi connectivity index (χ0v) is 11.5. The number of nitrogens with one attached hydrogen (secondary N) is 1. The van der Waals surface area contributed by atoms with Crippen LogP contribution in [0.4, 0.5) is 0 Å². The number of hydrogen-bond acceptors (Lipinski definition) is 4. The molecule has 6 heteroatoms. The number of amides is 1. The minimum absolute atomic E-state index is 0.159. The normalized spacial score (nSPS) is 10.4. The summed E-state index contributed by atoms with van der Waals surface area (Å²) in [6, 6.07) is 7.78. The zero-order chi connectivity index (χ0) is 13.8. The molecule has 0 aliphatic carbocycles. The van der Waals surface area contributed by atoms with E-state index in [0.717, 1.165) is 5.56 Å². The van der Waals surface area contributed by atoms with Gasteiger partial charge in [0.2, 0.25) is 0 Å². The quantitative estimate of drug-likeness (QED) is 0.754. The lowest BCUT2D eigenvalue weighted by molar-refractivity contribution is 0.0925. The fourth-order valence-corrected chi connectivity index (χ4v) is 1.87. The molecule has 0 unspecified atom stereocenters. The van der Waals surface area contributed by atoms with Gasteiger partial charge >= 0.3 is 0 Å². The number of benzene rings is 1. The summed E-state index contributed by atoms with van der Waals surface area (Å²) in [6.45, 7) is 0.404. The molecule has 0 saturated heterocycles. The van der Waals surface area contributed by atoms with E-state index < -0.39 is 0 Å². The van der Waals surface area contributed by atoms with E-state index in [2.05, 4.69) is 21.2 Å². The van der Waals surface area contributed by atoms with Crippen molar-refractivity contribution in [1.29, 1.82) is 0 Å². The monoisotopic (exact) mass is 325 g/mol. The highest BCUT2D eigenvalue weighted by Crippen LogP contribution is 2.24. The van der Waals surface area contributed by atoms with E-state index in [0.29, 0.717) is 17.6 Å². The number of hydrogen-bond donors (Lipinski definition) is 3. The summed E-state index contributed by atoms with van der Waals surface area (Å²) >= 11 is 3.12. The SMILES string of the molecule is O=C(NCCc1ccc(O)c(O)c1)c1ccc(Br)o1. The Labute approximate surface area is 118 Å². The largest absolute Gasteiger partial charge is 0.504 e. The summed E-state index contributed by atoms with van der Waals surface area (Å²) in [7, 11) is 0. The molecular formula is C13H12BrNO4. The molecule has 0 aliphatic heterocycles. The Balaban J connectivity index is 1.86. The van der Waals surface area contributed by atoms with Crippen LogP contribution in [0.2, 0.25) is 0 Å². The molecule has 1 heterocycles. The third-order valence-corrected chi connectivity index (χ3v) is 2.96. The van der Waals surface area contributed by atoms with Gasteiger partial charge in [-0.1, -0.05) is 6.07 Å². The van der Waals surface area contributed by atoms with Gasteiger partial charge in [0.1, 0.15) is 0 Å². The van der Waals surface area contributed by atoms with Crippen LogP contribution in [0.1, 0.15) is 16.1 Å². The standard InChI is InChI=1S/C13H12BrNO4/c14-12-4-3-11(19-12)13(18)15-6-5-8-1-2-9(16)10(17)7-8/h1-4,7,16-17H,5-6H2,(H,15,18). The number of phenolic OH excluding ortho intramolecular Hbond substituents is 2. The highest BCUT2D eigenvalue weighted by Gasteiger charge is 2.09. The molecule has 0 spiro atoms. The molecule has 0 bridgehead atoms. The topological polar surface area (TPSA) is 82.7 Å². The van der Waals surface area contributed by atoms with Gasteiger partial charge in [-0.25, -0.2) is 0 Å². The lowest BCUT2D eigenvalue weighted by atomic mass is 10.1. The number of carbonyl (C=O) groups excluding carboxylic acids is 1. The van der Waals surface area contributed by atoms with Crippen molar-refractivity contribution in [2.75, 3.05) is 6.54 Å². The number of furan rings is 1. The van der Waals surface area contributed by atoms with Crippen LogP contribution >= 0.6 is 15.9 Å². The van der Waals surface area contributed by atoms with Gasteiger partial charge < -0.3 is 19.9 Å². The van der Waals surface area contributed by atoms with Gasteiger partial charge in [0.05, 0.1) is 0 Å². The van der Waals surface area contributed by atoms with Gasteiger partial charge in [-0.15, -0.1) is 0 Å². The third-order valence-electron chi connectivity index (χ3n) is 2.54. The van der Waals surface area contributed by atoms with E-state index in [1.807, 2.05) is 0 Å². The predicted octanol–water partition coefficient (Wildman–Crippen LogP) is 2.43. The van der Waals surface area contributed by atoms with E-state index in [-0.39, 0.29) is 23.2 Å². The number of carbonyl (C=O) groups is 1. The maximum Gasteiger partial charge on any atom is 0.287 e. The van der Waals surface area contributed by atoms with Crippen molar-refractivity contribution < 1.29 is 19.4 Å². The number of rotatable bonds is 4. The molecule has 0 aliphatic rings. The lowest BCUT2D eigenvalue weighted by Crippen LogP contribution is -2.25. The third kappa shape index (κ3) is 3.51. The fourth-order valence-electron chi connectivity index (χ4n) is 1.57. The summed E-state index contributed by atoms with van der Waals surface area (Å²) in [5, 5.41) is 21.2. The first kappa shape index (κ1) is 13.5. The smallest absolute Gasteiger partial charge is 0.287 e. The molecule has 2 rings (SSSR count). The summed E-state index contributed by atoms with van der Waals surface area (Å²) < 4.78 is 5.62. The Kier molecular flexibility index (Phi) is 4.11. The molecule has 100 valence electrons. The molecule has 0 radical (unpaired) electrons. The van der Waals surface area contributed by atoms with Crippen molar-refractivity contribution in [3.8, 4) is 11.5 Å². The van der Waals surface area contributed by atoms with E-state index in [4.69, 9.17) is 4.42 Å². The summed E-state index contributed by atoms with van der Waals surface area (Å²) in [4.78, 5) is 11.7. The Morgan fingerprint density at radius 1 is 1.21 bits per heavy atom. The molecule has 1 aromatic carbocycles. The first-order valence-corrected chi connectivity index (χ1v) is 6.40. The van der Waals surface area contributed by atoms with Crippen LogP contribution < -0.4 is 5.32 Å². The Hall–Kier alpha value is -1.95. The number of aromatic hydroxyl groups is 2. The van der Waals surface area contributed by atoms with Crippen molar-refractivity contribution >= 4 is 21.8 Å². The van der Waals surface area contributed by atoms with Crippen LogP contribution in [-0.2, 0) is 6.42 Å². The van der Waals surface area contributed by atoms with Gasteiger partial charge in [-0.2, -0.15) is 0 Å². The summed E-state index contributed by atoms with van der Waals surface area (Å²) in [5.41, 5.74) is 0.816. The van der Waals surface area contributed by atoms with Crippen molar-refractivity contribution in [2.24, 2.45) is 0 Å². The maximum atomic E-state index is 11.7. The van der Waals surface area contributed by atoms with Crippen LogP contribution in [0.5, 0.6) is 11.5 Å². The average Bonchev–Trinajstić information content (AvgIpc) is 2.80. The van der Waals surface area contributed by atoms with Gasteiger partial charge in [-0.05, 0) is 52.2 Å². The highest BCUT2D eigenvalue weighted by atomic mass is 79.9. The first-order chi connectivity index (χ1) is 9.06. The van der Waals surface area contributed by atoms with E-state index >= 15 is 0 Å². The van der Waals surface area contributed by atoms with Gasteiger partial charge in [0.15, 0.2) is 21.9 Å². The number of phenols is 2. The molecule has 1 amide bonds. The van der Waals surface area contributed by atoms with Gasteiger partial charge in [0, 0.05) is 6.54 Å². The molecule has 0 saturated carbocycles. The van der Waals surface area contributed by atoms with Crippen molar-refractivity contribution in [1.82, 2.24) is 5.32 Å². The Morgan fingerprint density at radius 3 is 2.63 bits per heavy atom. The Bertz CT molecular complexity index is 594. The van der Waals surface area contributed by atoms with Crippen molar-refractivity contribution in [3.63, 3.8) is 0 Å². The lowest BCUT2D eigenvalue weighted by Gasteiger charge is -2.05. The second-order valence-corrected chi connectivity index (χ2v) is 4.71. The highest BCUT2D eigenvalue weighted by molar-refractivity contribution is 9.10. The summed E-state index contributed by atoms with van der Waals surface area (Å²) in [5.74, 6) is -0.388. The molecule has 1 aromatic heterocycles. The number of halogens is 1. The van der Waals surface area contributed by atoms with Crippen molar-refractivity contribution in [3.05, 3.63) is 46.3 Å². The average molecular weight is 326 g/mol.